The highest BCUT2D eigenvalue weighted by Gasteiger charge is 2.21. The molecule has 0 atom stereocenters. The van der Waals surface area contributed by atoms with Gasteiger partial charge < -0.3 is 15.4 Å². The third kappa shape index (κ3) is 5.24. The standard InChI is InChI=1S/C10H24N2O/c1-5-10(11,6-2)9-12(3)7-8-13-4/h5-9,11H2,1-4H3. The third-order valence-electron chi connectivity index (χ3n) is 2.67. The van der Waals surface area contributed by atoms with Crippen molar-refractivity contribution in [3.05, 3.63) is 0 Å². The summed E-state index contributed by atoms with van der Waals surface area (Å²) in [6, 6.07) is 0. The number of ether oxygens (including phenoxy) is 1. The highest BCUT2D eigenvalue weighted by molar-refractivity contribution is 4.83. The molecule has 2 N–H and O–H groups in total. The Hall–Kier alpha value is -0.120. The molecule has 0 amide bonds. The van der Waals surface area contributed by atoms with Crippen LogP contribution >= 0.6 is 0 Å². The van der Waals surface area contributed by atoms with Gasteiger partial charge in [-0.3, -0.25) is 0 Å². The number of rotatable bonds is 7. The molecule has 0 aromatic carbocycles. The molecule has 0 spiro atoms. The van der Waals surface area contributed by atoms with Crippen LogP contribution in [-0.4, -0.2) is 44.3 Å². The van der Waals surface area contributed by atoms with E-state index in [1.165, 1.54) is 0 Å². The second kappa shape index (κ2) is 6.35. The molecule has 0 aromatic rings. The molecule has 0 fully saturated rings. The van der Waals surface area contributed by atoms with Gasteiger partial charge in [-0.1, -0.05) is 13.8 Å². The van der Waals surface area contributed by atoms with E-state index in [0.717, 1.165) is 32.5 Å². The second-order valence-electron chi connectivity index (χ2n) is 3.80. The van der Waals surface area contributed by atoms with Crippen LogP contribution in [-0.2, 0) is 4.74 Å². The van der Waals surface area contributed by atoms with Crippen LogP contribution in [0.2, 0.25) is 0 Å². The fourth-order valence-corrected chi connectivity index (χ4v) is 1.34. The lowest BCUT2D eigenvalue weighted by Crippen LogP contribution is -2.48. The van der Waals surface area contributed by atoms with Crippen LogP contribution in [0.4, 0.5) is 0 Å². The number of methoxy groups -OCH3 is 1. The Morgan fingerprint density at radius 3 is 2.23 bits per heavy atom. The van der Waals surface area contributed by atoms with E-state index in [1.54, 1.807) is 7.11 Å². The quantitative estimate of drug-likeness (QED) is 0.650. The highest BCUT2D eigenvalue weighted by Crippen LogP contribution is 2.12. The lowest BCUT2D eigenvalue weighted by Gasteiger charge is -2.31. The summed E-state index contributed by atoms with van der Waals surface area (Å²) in [5, 5.41) is 0. The molecule has 3 heteroatoms. The number of hydrogen-bond donors (Lipinski definition) is 1. The zero-order valence-electron chi connectivity index (χ0n) is 9.47. The van der Waals surface area contributed by atoms with E-state index in [-0.39, 0.29) is 5.54 Å². The fraction of sp³-hybridized carbons (Fsp3) is 1.00. The molecule has 0 aliphatic rings. The molecule has 0 rings (SSSR count). The molecule has 3 nitrogen and oxygen atoms in total. The molecule has 0 aromatic heterocycles. The highest BCUT2D eigenvalue weighted by atomic mass is 16.5. The SMILES string of the molecule is CCC(N)(CC)CN(C)CCOC. The molecule has 0 saturated heterocycles. The topological polar surface area (TPSA) is 38.5 Å². The molecule has 0 aliphatic heterocycles. The van der Waals surface area contributed by atoms with E-state index in [9.17, 15) is 0 Å². The van der Waals surface area contributed by atoms with Crippen LogP contribution in [0.25, 0.3) is 0 Å². The van der Waals surface area contributed by atoms with Gasteiger partial charge in [0.25, 0.3) is 0 Å². The lowest BCUT2D eigenvalue weighted by atomic mass is 9.94. The summed E-state index contributed by atoms with van der Waals surface area (Å²) < 4.78 is 5.01. The zero-order chi connectivity index (χ0) is 10.3. The first-order valence-corrected chi connectivity index (χ1v) is 5.04. The number of hydrogen-bond acceptors (Lipinski definition) is 3. The first kappa shape index (κ1) is 12.9. The summed E-state index contributed by atoms with van der Waals surface area (Å²) >= 11 is 0. The summed E-state index contributed by atoms with van der Waals surface area (Å²) in [4.78, 5) is 2.23. The van der Waals surface area contributed by atoms with E-state index in [4.69, 9.17) is 10.5 Å². The van der Waals surface area contributed by atoms with Gasteiger partial charge in [0.05, 0.1) is 6.61 Å². The summed E-state index contributed by atoms with van der Waals surface area (Å²) in [5.74, 6) is 0. The van der Waals surface area contributed by atoms with Gasteiger partial charge in [0.1, 0.15) is 0 Å². The summed E-state index contributed by atoms with van der Waals surface area (Å²) in [5.41, 5.74) is 6.16. The van der Waals surface area contributed by atoms with Crippen LogP contribution in [0.15, 0.2) is 0 Å². The second-order valence-corrected chi connectivity index (χ2v) is 3.80. The Bertz CT molecular complexity index is 124. The Balaban J connectivity index is 3.79. The van der Waals surface area contributed by atoms with Gasteiger partial charge >= 0.3 is 0 Å². The van der Waals surface area contributed by atoms with Crippen molar-refractivity contribution in [2.45, 2.75) is 32.2 Å². The normalized spacial score (nSPS) is 12.5. The van der Waals surface area contributed by atoms with E-state index < -0.39 is 0 Å². The van der Waals surface area contributed by atoms with Crippen molar-refractivity contribution >= 4 is 0 Å². The molecule has 0 bridgehead atoms. The van der Waals surface area contributed by atoms with Crippen molar-refractivity contribution < 1.29 is 4.74 Å². The monoisotopic (exact) mass is 188 g/mol. The predicted molar refractivity (Wildman–Crippen MR) is 56.9 cm³/mol. The van der Waals surface area contributed by atoms with Gasteiger partial charge in [-0.05, 0) is 19.9 Å². The number of likely N-dealkylation sites (N-methyl/N-ethyl adjacent to an activating group) is 1. The van der Waals surface area contributed by atoms with Crippen molar-refractivity contribution in [1.29, 1.82) is 0 Å². The van der Waals surface area contributed by atoms with Crippen molar-refractivity contribution in [2.75, 3.05) is 33.9 Å². The van der Waals surface area contributed by atoms with E-state index in [1.807, 2.05) is 0 Å². The van der Waals surface area contributed by atoms with E-state index >= 15 is 0 Å². The average molecular weight is 188 g/mol. The van der Waals surface area contributed by atoms with Crippen molar-refractivity contribution in [2.24, 2.45) is 5.73 Å². The first-order valence-electron chi connectivity index (χ1n) is 5.04. The molecule has 80 valence electrons. The van der Waals surface area contributed by atoms with Gasteiger partial charge in [0.15, 0.2) is 0 Å². The summed E-state index contributed by atoms with van der Waals surface area (Å²) in [6.07, 6.45) is 2.06. The van der Waals surface area contributed by atoms with Gasteiger partial charge in [0, 0.05) is 25.7 Å². The Morgan fingerprint density at radius 2 is 1.85 bits per heavy atom. The smallest absolute Gasteiger partial charge is 0.0589 e. The number of nitrogens with zero attached hydrogens (tertiary/aromatic N) is 1. The van der Waals surface area contributed by atoms with E-state index in [0.29, 0.717) is 0 Å². The van der Waals surface area contributed by atoms with Gasteiger partial charge in [-0.15, -0.1) is 0 Å². The Morgan fingerprint density at radius 1 is 1.31 bits per heavy atom. The van der Waals surface area contributed by atoms with Crippen LogP contribution in [0.1, 0.15) is 26.7 Å². The van der Waals surface area contributed by atoms with Crippen molar-refractivity contribution in [3.8, 4) is 0 Å². The zero-order valence-corrected chi connectivity index (χ0v) is 9.47. The maximum absolute atomic E-state index is 6.19. The lowest BCUT2D eigenvalue weighted by molar-refractivity contribution is 0.144. The molecular formula is C10H24N2O. The molecule has 0 aliphatic carbocycles. The van der Waals surface area contributed by atoms with Crippen LogP contribution in [0.5, 0.6) is 0 Å². The Kier molecular flexibility index (Phi) is 6.29. The largest absolute Gasteiger partial charge is 0.383 e. The maximum atomic E-state index is 6.19. The van der Waals surface area contributed by atoms with Crippen LogP contribution < -0.4 is 5.73 Å². The van der Waals surface area contributed by atoms with Gasteiger partial charge in [0.2, 0.25) is 0 Å². The number of nitrogens with two attached hydrogens (primary N) is 1. The van der Waals surface area contributed by atoms with Crippen LogP contribution in [0.3, 0.4) is 0 Å². The maximum Gasteiger partial charge on any atom is 0.0589 e. The third-order valence-corrected chi connectivity index (χ3v) is 2.67. The molecule has 0 saturated carbocycles. The van der Waals surface area contributed by atoms with Crippen LogP contribution in [0, 0.1) is 0 Å². The minimum Gasteiger partial charge on any atom is -0.383 e. The minimum absolute atomic E-state index is 0.0253. The Labute approximate surface area is 82.2 Å². The summed E-state index contributed by atoms with van der Waals surface area (Å²) in [7, 11) is 3.81. The molecular weight excluding hydrogens is 164 g/mol. The summed E-state index contributed by atoms with van der Waals surface area (Å²) in [6.45, 7) is 6.97. The first-order chi connectivity index (χ1) is 6.08. The van der Waals surface area contributed by atoms with Crippen molar-refractivity contribution in [1.82, 2.24) is 4.90 Å². The van der Waals surface area contributed by atoms with E-state index in [2.05, 4.69) is 25.8 Å². The molecule has 0 heterocycles. The van der Waals surface area contributed by atoms with Crippen molar-refractivity contribution in [3.63, 3.8) is 0 Å². The minimum atomic E-state index is -0.0253. The fourth-order valence-electron chi connectivity index (χ4n) is 1.34. The molecule has 0 radical (unpaired) electrons. The molecule has 0 unspecified atom stereocenters. The molecule has 13 heavy (non-hydrogen) atoms. The van der Waals surface area contributed by atoms with Gasteiger partial charge in [-0.25, -0.2) is 0 Å². The predicted octanol–water partition coefficient (Wildman–Crippen LogP) is 1.08. The van der Waals surface area contributed by atoms with Gasteiger partial charge in [-0.2, -0.15) is 0 Å². The average Bonchev–Trinajstić information content (AvgIpc) is 2.14.